The van der Waals surface area contributed by atoms with E-state index >= 15 is 0 Å². The van der Waals surface area contributed by atoms with E-state index in [0.717, 1.165) is 18.4 Å². The number of ether oxygens (including phenoxy) is 1. The van der Waals surface area contributed by atoms with E-state index in [1.165, 1.54) is 36.7 Å². The fourth-order valence-electron chi connectivity index (χ4n) is 2.47. The van der Waals surface area contributed by atoms with Crippen LogP contribution in [0.25, 0.3) is 0 Å². The highest BCUT2D eigenvalue weighted by Gasteiger charge is 2.31. The zero-order valence-electron chi connectivity index (χ0n) is 12.9. The fraction of sp³-hybridized carbons (Fsp3) is 0.562. The SMILES string of the molecule is CC(SCc1ccc(OC(F)(F)F)cc1)C(=O)NC1CCCC1. The van der Waals surface area contributed by atoms with Crippen LogP contribution in [0.4, 0.5) is 13.2 Å². The number of nitrogens with one attached hydrogen (secondary N) is 1. The number of amides is 1. The lowest BCUT2D eigenvalue weighted by molar-refractivity contribution is -0.274. The Balaban J connectivity index is 1.77. The smallest absolute Gasteiger partial charge is 0.406 e. The zero-order valence-corrected chi connectivity index (χ0v) is 13.7. The average molecular weight is 347 g/mol. The summed E-state index contributed by atoms with van der Waals surface area (Å²) in [5.41, 5.74) is 0.852. The topological polar surface area (TPSA) is 38.3 Å². The molecule has 1 fully saturated rings. The quantitative estimate of drug-likeness (QED) is 0.835. The van der Waals surface area contributed by atoms with Gasteiger partial charge in [-0.05, 0) is 37.5 Å². The van der Waals surface area contributed by atoms with Crippen LogP contribution in [0, 0.1) is 0 Å². The summed E-state index contributed by atoms with van der Waals surface area (Å²) in [4.78, 5) is 12.1. The van der Waals surface area contributed by atoms with E-state index in [0.29, 0.717) is 11.8 Å². The second-order valence-corrected chi connectivity index (χ2v) is 6.96. The molecule has 1 aliphatic carbocycles. The molecule has 2 rings (SSSR count). The van der Waals surface area contributed by atoms with Gasteiger partial charge in [-0.25, -0.2) is 0 Å². The molecule has 0 spiro atoms. The maximum atomic E-state index is 12.1. The summed E-state index contributed by atoms with van der Waals surface area (Å²) in [6, 6.07) is 6.02. The third kappa shape index (κ3) is 6.33. The zero-order chi connectivity index (χ0) is 16.9. The lowest BCUT2D eigenvalue weighted by atomic mass is 10.2. The summed E-state index contributed by atoms with van der Waals surface area (Å²) in [5, 5.41) is 2.85. The predicted molar refractivity (Wildman–Crippen MR) is 84.3 cm³/mol. The molecule has 3 nitrogen and oxygen atoms in total. The number of alkyl halides is 3. The van der Waals surface area contributed by atoms with E-state index in [-0.39, 0.29) is 16.9 Å². The van der Waals surface area contributed by atoms with Gasteiger partial charge >= 0.3 is 6.36 Å². The van der Waals surface area contributed by atoms with Crippen LogP contribution >= 0.6 is 11.8 Å². The summed E-state index contributed by atoms with van der Waals surface area (Å²) >= 11 is 1.46. The molecule has 1 saturated carbocycles. The van der Waals surface area contributed by atoms with Gasteiger partial charge in [-0.2, -0.15) is 0 Å². The van der Waals surface area contributed by atoms with Crippen molar-refractivity contribution >= 4 is 17.7 Å². The number of hydrogen-bond donors (Lipinski definition) is 1. The molecule has 128 valence electrons. The van der Waals surface area contributed by atoms with E-state index in [2.05, 4.69) is 10.1 Å². The highest BCUT2D eigenvalue weighted by molar-refractivity contribution is 7.99. The molecule has 7 heteroatoms. The number of hydrogen-bond acceptors (Lipinski definition) is 3. The third-order valence-corrected chi connectivity index (χ3v) is 4.94. The van der Waals surface area contributed by atoms with Crippen LogP contribution in [0.15, 0.2) is 24.3 Å². The van der Waals surface area contributed by atoms with Crippen molar-refractivity contribution in [3.8, 4) is 5.75 Å². The van der Waals surface area contributed by atoms with Crippen molar-refractivity contribution in [2.45, 2.75) is 56.0 Å². The Labute approximate surface area is 138 Å². The predicted octanol–water partition coefficient (Wildman–Crippen LogP) is 4.27. The Hall–Kier alpha value is -1.37. The van der Waals surface area contributed by atoms with Gasteiger partial charge in [0.2, 0.25) is 5.91 Å². The third-order valence-electron chi connectivity index (χ3n) is 3.73. The molecule has 0 saturated heterocycles. The van der Waals surface area contributed by atoms with Crippen molar-refractivity contribution in [3.63, 3.8) is 0 Å². The van der Waals surface area contributed by atoms with Crippen molar-refractivity contribution in [3.05, 3.63) is 29.8 Å². The minimum atomic E-state index is -4.68. The maximum absolute atomic E-state index is 12.1. The lowest BCUT2D eigenvalue weighted by Gasteiger charge is -2.16. The fourth-order valence-corrected chi connectivity index (χ4v) is 3.33. The summed E-state index contributed by atoms with van der Waals surface area (Å²) in [5.74, 6) is 0.350. The first-order valence-electron chi connectivity index (χ1n) is 7.60. The molecule has 1 aliphatic rings. The van der Waals surface area contributed by atoms with Crippen LogP contribution in [0.2, 0.25) is 0 Å². The number of rotatable bonds is 6. The van der Waals surface area contributed by atoms with Gasteiger partial charge in [-0.3, -0.25) is 4.79 Å². The molecular weight excluding hydrogens is 327 g/mol. The van der Waals surface area contributed by atoms with Crippen molar-refractivity contribution < 1.29 is 22.7 Å². The Morgan fingerprint density at radius 2 is 1.91 bits per heavy atom. The molecule has 0 heterocycles. The van der Waals surface area contributed by atoms with Crippen LogP contribution < -0.4 is 10.1 Å². The molecule has 0 bridgehead atoms. The number of carbonyl (C=O) groups excluding carboxylic acids is 1. The van der Waals surface area contributed by atoms with Gasteiger partial charge in [-0.15, -0.1) is 24.9 Å². The largest absolute Gasteiger partial charge is 0.573 e. The van der Waals surface area contributed by atoms with E-state index in [9.17, 15) is 18.0 Å². The van der Waals surface area contributed by atoms with E-state index in [4.69, 9.17) is 0 Å². The molecule has 0 aliphatic heterocycles. The standard InChI is InChI=1S/C16H20F3NO2S/c1-11(15(21)20-13-4-2-3-5-13)23-10-12-6-8-14(9-7-12)22-16(17,18)19/h6-9,11,13H,2-5,10H2,1H3,(H,20,21). The Morgan fingerprint density at radius 3 is 2.48 bits per heavy atom. The Bertz CT molecular complexity index is 513. The number of carbonyl (C=O) groups is 1. The van der Waals surface area contributed by atoms with Gasteiger partial charge in [0.25, 0.3) is 0 Å². The van der Waals surface area contributed by atoms with Gasteiger partial charge in [-0.1, -0.05) is 25.0 Å². The minimum absolute atomic E-state index is 0.0268. The van der Waals surface area contributed by atoms with Crippen LogP contribution in [0.3, 0.4) is 0 Å². The summed E-state index contributed by atoms with van der Waals surface area (Å²) in [6.07, 6.45) is -0.256. The first kappa shape index (κ1) is 18.0. The van der Waals surface area contributed by atoms with Gasteiger partial charge in [0.1, 0.15) is 5.75 Å². The minimum Gasteiger partial charge on any atom is -0.406 e. The second-order valence-electron chi connectivity index (χ2n) is 5.63. The normalized spacial score (nSPS) is 17.0. The van der Waals surface area contributed by atoms with Crippen LogP contribution in [-0.2, 0) is 10.5 Å². The monoisotopic (exact) mass is 347 g/mol. The highest BCUT2D eigenvalue weighted by Crippen LogP contribution is 2.25. The van der Waals surface area contributed by atoms with Crippen LogP contribution in [-0.4, -0.2) is 23.6 Å². The molecule has 1 unspecified atom stereocenters. The van der Waals surface area contributed by atoms with E-state index in [1.807, 2.05) is 6.92 Å². The number of halogens is 3. The van der Waals surface area contributed by atoms with Crippen LogP contribution in [0.5, 0.6) is 5.75 Å². The first-order valence-corrected chi connectivity index (χ1v) is 8.65. The van der Waals surface area contributed by atoms with E-state index in [1.54, 1.807) is 12.1 Å². The first-order chi connectivity index (χ1) is 10.8. The van der Waals surface area contributed by atoms with Crippen LogP contribution in [0.1, 0.15) is 38.2 Å². The molecule has 1 N–H and O–H groups in total. The van der Waals surface area contributed by atoms with Crippen molar-refractivity contribution in [2.75, 3.05) is 0 Å². The molecule has 0 aromatic heterocycles. The van der Waals surface area contributed by atoms with Gasteiger partial charge in [0.15, 0.2) is 0 Å². The molecule has 1 atom stereocenters. The van der Waals surface area contributed by atoms with Crippen molar-refractivity contribution in [1.29, 1.82) is 0 Å². The van der Waals surface area contributed by atoms with E-state index < -0.39 is 6.36 Å². The Morgan fingerprint density at radius 1 is 1.30 bits per heavy atom. The summed E-state index contributed by atoms with van der Waals surface area (Å²) in [7, 11) is 0. The summed E-state index contributed by atoms with van der Waals surface area (Å²) < 4.78 is 40.1. The molecule has 0 radical (unpaired) electrons. The van der Waals surface area contributed by atoms with Crippen molar-refractivity contribution in [1.82, 2.24) is 5.32 Å². The Kier molecular flexibility index (Phi) is 6.21. The molecule has 1 amide bonds. The molecule has 1 aromatic carbocycles. The van der Waals surface area contributed by atoms with Crippen molar-refractivity contribution in [2.24, 2.45) is 0 Å². The highest BCUT2D eigenvalue weighted by atomic mass is 32.2. The summed E-state index contributed by atoms with van der Waals surface area (Å²) in [6.45, 7) is 1.84. The second kappa shape index (κ2) is 7.95. The number of benzene rings is 1. The average Bonchev–Trinajstić information content (AvgIpc) is 2.97. The van der Waals surface area contributed by atoms with Gasteiger partial charge < -0.3 is 10.1 Å². The molecular formula is C16H20F3NO2S. The molecule has 23 heavy (non-hydrogen) atoms. The van der Waals surface area contributed by atoms with Gasteiger partial charge in [0.05, 0.1) is 5.25 Å². The molecule has 1 aromatic rings. The van der Waals surface area contributed by atoms with Gasteiger partial charge in [0, 0.05) is 11.8 Å². The lowest BCUT2D eigenvalue weighted by Crippen LogP contribution is -2.37. The number of thioether (sulfide) groups is 1. The maximum Gasteiger partial charge on any atom is 0.573 e.